The average molecular weight is 210 g/mol. The highest BCUT2D eigenvalue weighted by Crippen LogP contribution is 2.26. The third kappa shape index (κ3) is 1.89. The zero-order valence-electron chi connectivity index (χ0n) is 9.31. The van der Waals surface area contributed by atoms with Gasteiger partial charge in [-0.3, -0.25) is 0 Å². The Morgan fingerprint density at radius 1 is 1.53 bits per heavy atom. The van der Waals surface area contributed by atoms with Crippen LogP contribution in [0.2, 0.25) is 0 Å². The minimum atomic E-state index is 0.356. The number of nitrogens with two attached hydrogens (primary N) is 1. The van der Waals surface area contributed by atoms with Crippen molar-refractivity contribution >= 4 is 0 Å². The molecular formula is C10H18N4O. The molecule has 0 amide bonds. The molecule has 1 atom stereocenters. The number of nitrogens with zero attached hydrogens (tertiary/aromatic N) is 3. The molecule has 1 saturated heterocycles. The zero-order valence-corrected chi connectivity index (χ0v) is 9.31. The minimum Gasteiger partial charge on any atom is -0.381 e. The number of hydrogen-bond donors (Lipinski definition) is 1. The molecule has 2 heterocycles. The van der Waals surface area contributed by atoms with Crippen LogP contribution in [0.3, 0.4) is 0 Å². The van der Waals surface area contributed by atoms with Crippen LogP contribution in [0.25, 0.3) is 0 Å². The van der Waals surface area contributed by atoms with Crippen molar-refractivity contribution in [3.05, 3.63) is 11.6 Å². The first kappa shape index (κ1) is 10.6. The Hall–Kier alpha value is -0.940. The fourth-order valence-corrected chi connectivity index (χ4v) is 2.06. The van der Waals surface area contributed by atoms with E-state index in [1.54, 1.807) is 0 Å². The SMILES string of the molecule is CC(C)n1c(CN)nnc1C1CCOC1. The van der Waals surface area contributed by atoms with E-state index in [1.165, 1.54) is 0 Å². The smallest absolute Gasteiger partial charge is 0.147 e. The summed E-state index contributed by atoms with van der Waals surface area (Å²) in [6.45, 7) is 6.28. The van der Waals surface area contributed by atoms with E-state index in [0.29, 0.717) is 18.5 Å². The van der Waals surface area contributed by atoms with Crippen LogP contribution in [0, 0.1) is 0 Å². The molecule has 0 spiro atoms. The molecule has 0 saturated carbocycles. The van der Waals surface area contributed by atoms with Crippen LogP contribution in [0.15, 0.2) is 0 Å². The van der Waals surface area contributed by atoms with Crippen molar-refractivity contribution in [2.24, 2.45) is 5.73 Å². The molecular weight excluding hydrogens is 192 g/mol. The monoisotopic (exact) mass is 210 g/mol. The van der Waals surface area contributed by atoms with Crippen molar-refractivity contribution < 1.29 is 4.74 Å². The lowest BCUT2D eigenvalue weighted by atomic mass is 10.1. The van der Waals surface area contributed by atoms with Gasteiger partial charge in [-0.25, -0.2) is 0 Å². The highest BCUT2D eigenvalue weighted by Gasteiger charge is 2.25. The second-order valence-corrected chi connectivity index (χ2v) is 4.20. The molecule has 1 aromatic heterocycles. The summed E-state index contributed by atoms with van der Waals surface area (Å²) in [5.41, 5.74) is 5.65. The summed E-state index contributed by atoms with van der Waals surface area (Å²) in [6, 6.07) is 0.356. The van der Waals surface area contributed by atoms with Crippen molar-refractivity contribution in [2.45, 2.75) is 38.8 Å². The fourth-order valence-electron chi connectivity index (χ4n) is 2.06. The van der Waals surface area contributed by atoms with E-state index in [2.05, 4.69) is 28.6 Å². The third-order valence-corrected chi connectivity index (χ3v) is 2.79. The lowest BCUT2D eigenvalue weighted by Crippen LogP contribution is -2.15. The molecule has 0 bridgehead atoms. The maximum atomic E-state index is 5.65. The van der Waals surface area contributed by atoms with Gasteiger partial charge in [-0.05, 0) is 20.3 Å². The molecule has 0 radical (unpaired) electrons. The molecule has 5 heteroatoms. The maximum absolute atomic E-state index is 5.65. The summed E-state index contributed by atoms with van der Waals surface area (Å²) in [4.78, 5) is 0. The van der Waals surface area contributed by atoms with Gasteiger partial charge in [0.05, 0.1) is 13.2 Å². The summed E-state index contributed by atoms with van der Waals surface area (Å²) in [5, 5.41) is 8.38. The molecule has 1 aliphatic rings. The highest BCUT2D eigenvalue weighted by molar-refractivity contribution is 5.05. The van der Waals surface area contributed by atoms with Crippen LogP contribution in [0.5, 0.6) is 0 Å². The summed E-state index contributed by atoms with van der Waals surface area (Å²) in [5.74, 6) is 2.29. The van der Waals surface area contributed by atoms with Crippen molar-refractivity contribution in [2.75, 3.05) is 13.2 Å². The van der Waals surface area contributed by atoms with Crippen LogP contribution >= 0.6 is 0 Å². The van der Waals surface area contributed by atoms with Crippen LogP contribution in [-0.4, -0.2) is 28.0 Å². The highest BCUT2D eigenvalue weighted by atomic mass is 16.5. The minimum absolute atomic E-state index is 0.356. The molecule has 1 fully saturated rings. The Kier molecular flexibility index (Phi) is 3.02. The van der Waals surface area contributed by atoms with E-state index in [-0.39, 0.29) is 0 Å². The number of hydrogen-bond acceptors (Lipinski definition) is 4. The first-order valence-corrected chi connectivity index (χ1v) is 5.45. The van der Waals surface area contributed by atoms with Gasteiger partial charge in [0.1, 0.15) is 11.6 Å². The van der Waals surface area contributed by atoms with E-state index < -0.39 is 0 Å². The lowest BCUT2D eigenvalue weighted by Gasteiger charge is -2.15. The van der Waals surface area contributed by atoms with E-state index in [9.17, 15) is 0 Å². The zero-order chi connectivity index (χ0) is 10.8. The molecule has 5 nitrogen and oxygen atoms in total. The van der Waals surface area contributed by atoms with E-state index in [0.717, 1.165) is 31.3 Å². The number of ether oxygens (including phenoxy) is 1. The fraction of sp³-hybridized carbons (Fsp3) is 0.800. The van der Waals surface area contributed by atoms with Gasteiger partial charge >= 0.3 is 0 Å². The van der Waals surface area contributed by atoms with Gasteiger partial charge < -0.3 is 15.0 Å². The van der Waals surface area contributed by atoms with Gasteiger partial charge in [-0.15, -0.1) is 10.2 Å². The standard InChI is InChI=1S/C10H18N4O/c1-7(2)14-9(5-11)12-13-10(14)8-3-4-15-6-8/h7-8H,3-6,11H2,1-2H3. The number of aromatic nitrogens is 3. The quantitative estimate of drug-likeness (QED) is 0.802. The molecule has 1 aliphatic heterocycles. The van der Waals surface area contributed by atoms with E-state index >= 15 is 0 Å². The molecule has 1 unspecified atom stereocenters. The molecule has 1 aromatic rings. The van der Waals surface area contributed by atoms with Crippen molar-refractivity contribution in [1.29, 1.82) is 0 Å². The van der Waals surface area contributed by atoms with Gasteiger partial charge in [0.25, 0.3) is 0 Å². The summed E-state index contributed by atoms with van der Waals surface area (Å²) < 4.78 is 7.52. The van der Waals surface area contributed by atoms with E-state index in [1.807, 2.05) is 0 Å². The Morgan fingerprint density at radius 2 is 2.33 bits per heavy atom. The summed E-state index contributed by atoms with van der Waals surface area (Å²) >= 11 is 0. The molecule has 0 aliphatic carbocycles. The van der Waals surface area contributed by atoms with Crippen molar-refractivity contribution in [3.63, 3.8) is 0 Å². The number of rotatable bonds is 3. The largest absolute Gasteiger partial charge is 0.381 e. The second-order valence-electron chi connectivity index (χ2n) is 4.20. The van der Waals surface area contributed by atoms with Crippen molar-refractivity contribution in [3.8, 4) is 0 Å². The Morgan fingerprint density at radius 3 is 2.87 bits per heavy atom. The molecule has 84 valence electrons. The maximum Gasteiger partial charge on any atom is 0.147 e. The molecule has 2 rings (SSSR count). The van der Waals surface area contributed by atoms with E-state index in [4.69, 9.17) is 10.5 Å². The molecule has 2 N–H and O–H groups in total. The van der Waals surface area contributed by atoms with Crippen LogP contribution < -0.4 is 5.73 Å². The van der Waals surface area contributed by atoms with Crippen LogP contribution in [0.1, 0.15) is 43.9 Å². The second kappa shape index (κ2) is 4.28. The van der Waals surface area contributed by atoms with Gasteiger partial charge in [0.15, 0.2) is 0 Å². The van der Waals surface area contributed by atoms with Crippen LogP contribution in [0.4, 0.5) is 0 Å². The predicted octanol–water partition coefficient (Wildman–Crippen LogP) is 0.822. The van der Waals surface area contributed by atoms with Gasteiger partial charge in [0, 0.05) is 18.6 Å². The molecule has 15 heavy (non-hydrogen) atoms. The molecule has 0 aromatic carbocycles. The van der Waals surface area contributed by atoms with Crippen LogP contribution in [-0.2, 0) is 11.3 Å². The van der Waals surface area contributed by atoms with Gasteiger partial charge in [0.2, 0.25) is 0 Å². The lowest BCUT2D eigenvalue weighted by molar-refractivity contribution is 0.192. The average Bonchev–Trinajstić information content (AvgIpc) is 2.85. The Balaban J connectivity index is 2.33. The topological polar surface area (TPSA) is 66.0 Å². The summed E-state index contributed by atoms with van der Waals surface area (Å²) in [6.07, 6.45) is 1.04. The first-order chi connectivity index (χ1) is 7.24. The normalized spacial score (nSPS) is 21.5. The third-order valence-electron chi connectivity index (χ3n) is 2.79. The van der Waals surface area contributed by atoms with Gasteiger partial charge in [-0.1, -0.05) is 0 Å². The first-order valence-electron chi connectivity index (χ1n) is 5.45. The van der Waals surface area contributed by atoms with Gasteiger partial charge in [-0.2, -0.15) is 0 Å². The Bertz CT molecular complexity index is 328. The van der Waals surface area contributed by atoms with Crippen molar-refractivity contribution in [1.82, 2.24) is 14.8 Å². The summed E-state index contributed by atoms with van der Waals surface area (Å²) in [7, 11) is 0. The Labute approximate surface area is 89.6 Å². The predicted molar refractivity (Wildman–Crippen MR) is 56.5 cm³/mol.